The standard InChI is InChI=1S/C29H31F4N5O3/c1-28(2,3)24(37-27(41)29(31,32)33)26(40)38-13-19-15-8-17(20(30)9-15)22(19)23(38)25(39)36-21(10-34)18-12-35-11-14-6-4-5-7-16(14)18/h4-7,11-12,15,17,19-24H,8-9,13H2,1-3H3,(H,36,39)(H,37,41)/t15-,17+,19+,20+,21?,22-,23-,24+/m0/s1. The van der Waals surface area contributed by atoms with Gasteiger partial charge in [-0.3, -0.25) is 19.4 Å². The second-order valence-electron chi connectivity index (χ2n) is 12.4. The molecule has 2 saturated carbocycles. The van der Waals surface area contributed by atoms with E-state index in [1.165, 1.54) is 31.9 Å². The van der Waals surface area contributed by atoms with Crippen LogP contribution in [0.3, 0.4) is 0 Å². The van der Waals surface area contributed by atoms with Crippen molar-refractivity contribution in [1.29, 1.82) is 5.26 Å². The molecule has 3 aliphatic rings. The molecule has 5 rings (SSSR count). The van der Waals surface area contributed by atoms with Gasteiger partial charge in [0.05, 0.1) is 6.07 Å². The predicted octanol–water partition coefficient (Wildman–Crippen LogP) is 3.83. The summed E-state index contributed by atoms with van der Waals surface area (Å²) in [4.78, 5) is 45.1. The van der Waals surface area contributed by atoms with Crippen molar-refractivity contribution in [3.8, 4) is 6.07 Å². The van der Waals surface area contributed by atoms with E-state index in [1.807, 2.05) is 17.4 Å². The van der Waals surface area contributed by atoms with Crippen LogP contribution in [-0.2, 0) is 14.4 Å². The van der Waals surface area contributed by atoms with Crippen molar-refractivity contribution in [2.45, 2.75) is 64.1 Å². The van der Waals surface area contributed by atoms with E-state index >= 15 is 0 Å². The quantitative estimate of drug-likeness (QED) is 0.528. The zero-order valence-corrected chi connectivity index (χ0v) is 22.8. The number of aromatic nitrogens is 1. The number of likely N-dealkylation sites (tertiary alicyclic amines) is 1. The summed E-state index contributed by atoms with van der Waals surface area (Å²) in [6.07, 6.45) is -2.42. The summed E-state index contributed by atoms with van der Waals surface area (Å²) in [5.74, 6) is -5.14. The normalized spacial score (nSPS) is 28.6. The molecule has 3 fully saturated rings. The third-order valence-electron chi connectivity index (χ3n) is 8.89. The SMILES string of the molecule is CC(C)(C)[C@H](NC(=O)C(F)(F)F)C(=O)N1C[C@@H]2[C@H]3C[C@@H]([C@@H]2[C@H]1C(=O)NC(C#N)c1cncc2ccccc12)[C@H](F)C3. The first-order valence-electron chi connectivity index (χ1n) is 13.6. The van der Waals surface area contributed by atoms with E-state index in [9.17, 15) is 37.2 Å². The number of nitrogens with one attached hydrogen (secondary N) is 2. The number of nitrogens with zero attached hydrogens (tertiary/aromatic N) is 3. The van der Waals surface area contributed by atoms with Crippen LogP contribution >= 0.6 is 0 Å². The van der Waals surface area contributed by atoms with Gasteiger partial charge in [-0.2, -0.15) is 18.4 Å². The molecule has 1 aromatic heterocycles. The lowest BCUT2D eigenvalue weighted by Gasteiger charge is -2.37. The number of pyridine rings is 1. The minimum atomic E-state index is -5.21. The minimum Gasteiger partial charge on any atom is -0.336 e. The monoisotopic (exact) mass is 573 g/mol. The fraction of sp³-hybridized carbons (Fsp3) is 0.552. The Labute approximate surface area is 234 Å². The molecule has 8 atom stereocenters. The van der Waals surface area contributed by atoms with Gasteiger partial charge >= 0.3 is 12.1 Å². The number of nitriles is 1. The Morgan fingerprint density at radius 2 is 1.78 bits per heavy atom. The Morgan fingerprint density at radius 1 is 1.07 bits per heavy atom. The van der Waals surface area contributed by atoms with Crippen LogP contribution in [0, 0.1) is 40.4 Å². The third-order valence-corrected chi connectivity index (χ3v) is 8.89. The minimum absolute atomic E-state index is 0.0526. The maximum Gasteiger partial charge on any atom is 0.471 e. The Morgan fingerprint density at radius 3 is 2.44 bits per heavy atom. The summed E-state index contributed by atoms with van der Waals surface area (Å²) in [5, 5.41) is 16.0. The molecule has 3 amide bonds. The van der Waals surface area contributed by atoms with Crippen LogP contribution in [0.25, 0.3) is 10.8 Å². The van der Waals surface area contributed by atoms with E-state index in [2.05, 4.69) is 16.4 Å². The molecule has 2 N–H and O–H groups in total. The number of hydrogen-bond acceptors (Lipinski definition) is 5. The first-order valence-corrected chi connectivity index (χ1v) is 13.6. The molecule has 2 aliphatic carbocycles. The number of hydrogen-bond donors (Lipinski definition) is 2. The highest BCUT2D eigenvalue weighted by atomic mass is 19.4. The van der Waals surface area contributed by atoms with E-state index in [-0.39, 0.29) is 18.4 Å². The van der Waals surface area contributed by atoms with Crippen LogP contribution in [0.1, 0.15) is 45.2 Å². The summed E-state index contributed by atoms with van der Waals surface area (Å²) in [6, 6.07) is 5.28. The van der Waals surface area contributed by atoms with Gasteiger partial charge in [0, 0.05) is 29.9 Å². The largest absolute Gasteiger partial charge is 0.471 e. The van der Waals surface area contributed by atoms with Crippen LogP contribution in [0.5, 0.6) is 0 Å². The average Bonchev–Trinajstić information content (AvgIpc) is 3.58. The maximum absolute atomic E-state index is 15.0. The molecular formula is C29H31F4N5O3. The summed E-state index contributed by atoms with van der Waals surface area (Å²) >= 11 is 0. The molecule has 218 valence electrons. The number of carbonyl (C=O) groups is 3. The molecular weight excluding hydrogens is 542 g/mol. The molecule has 2 aromatic rings. The molecule has 1 unspecified atom stereocenters. The second kappa shape index (κ2) is 10.3. The zero-order chi connectivity index (χ0) is 29.9. The van der Waals surface area contributed by atoms with Gasteiger partial charge < -0.3 is 15.5 Å². The van der Waals surface area contributed by atoms with Gasteiger partial charge in [0.1, 0.15) is 24.3 Å². The number of amides is 3. The number of carbonyl (C=O) groups excluding carboxylic acids is 3. The topological polar surface area (TPSA) is 115 Å². The van der Waals surface area contributed by atoms with Gasteiger partial charge in [-0.15, -0.1) is 0 Å². The predicted molar refractivity (Wildman–Crippen MR) is 139 cm³/mol. The number of rotatable bonds is 5. The van der Waals surface area contributed by atoms with Crippen LogP contribution in [0.15, 0.2) is 36.7 Å². The van der Waals surface area contributed by atoms with Gasteiger partial charge in [0.2, 0.25) is 11.8 Å². The van der Waals surface area contributed by atoms with Crippen molar-refractivity contribution in [1.82, 2.24) is 20.5 Å². The van der Waals surface area contributed by atoms with Crippen molar-refractivity contribution >= 4 is 28.5 Å². The van der Waals surface area contributed by atoms with Gasteiger partial charge in [-0.1, -0.05) is 45.0 Å². The van der Waals surface area contributed by atoms with E-state index < -0.39 is 65.4 Å². The smallest absolute Gasteiger partial charge is 0.336 e. The van der Waals surface area contributed by atoms with Gasteiger partial charge in [-0.05, 0) is 47.3 Å². The number of alkyl halides is 4. The van der Waals surface area contributed by atoms with Crippen molar-refractivity contribution in [2.24, 2.45) is 29.1 Å². The molecule has 0 spiro atoms. The Bertz CT molecular complexity index is 1410. The van der Waals surface area contributed by atoms with Crippen LogP contribution in [-0.4, -0.2) is 58.6 Å². The summed E-state index contributed by atoms with van der Waals surface area (Å²) < 4.78 is 54.4. The van der Waals surface area contributed by atoms with Gasteiger partial charge in [0.15, 0.2) is 0 Å². The highest BCUT2D eigenvalue weighted by Gasteiger charge is 2.63. The molecule has 41 heavy (non-hydrogen) atoms. The summed E-state index contributed by atoms with van der Waals surface area (Å²) in [5.41, 5.74) is -0.699. The fourth-order valence-electron chi connectivity index (χ4n) is 7.07. The van der Waals surface area contributed by atoms with Crippen molar-refractivity contribution in [3.05, 3.63) is 42.2 Å². The Balaban J connectivity index is 1.49. The summed E-state index contributed by atoms with van der Waals surface area (Å²) in [7, 11) is 0. The van der Waals surface area contributed by atoms with Gasteiger partial charge in [0.25, 0.3) is 0 Å². The lowest BCUT2D eigenvalue weighted by atomic mass is 9.77. The third kappa shape index (κ3) is 5.11. The molecule has 2 heterocycles. The van der Waals surface area contributed by atoms with E-state index in [0.29, 0.717) is 23.8 Å². The Hall–Kier alpha value is -3.75. The Kier molecular flexibility index (Phi) is 7.20. The van der Waals surface area contributed by atoms with Crippen LogP contribution in [0.2, 0.25) is 0 Å². The van der Waals surface area contributed by atoms with Gasteiger partial charge in [-0.25, -0.2) is 4.39 Å². The number of benzene rings is 1. The lowest BCUT2D eigenvalue weighted by Crippen LogP contribution is -2.60. The van der Waals surface area contributed by atoms with E-state index in [0.717, 1.165) is 5.39 Å². The average molecular weight is 574 g/mol. The maximum atomic E-state index is 15.0. The molecule has 8 nitrogen and oxygen atoms in total. The molecule has 1 aliphatic heterocycles. The first-order chi connectivity index (χ1) is 19.2. The highest BCUT2D eigenvalue weighted by Crippen LogP contribution is 2.58. The number of fused-ring (bicyclic) bond motifs is 6. The lowest BCUT2D eigenvalue weighted by molar-refractivity contribution is -0.176. The number of halogens is 4. The molecule has 1 aromatic carbocycles. The van der Waals surface area contributed by atoms with E-state index in [1.54, 1.807) is 18.3 Å². The van der Waals surface area contributed by atoms with Crippen LogP contribution < -0.4 is 10.6 Å². The molecule has 1 saturated heterocycles. The zero-order valence-electron chi connectivity index (χ0n) is 22.8. The highest BCUT2D eigenvalue weighted by molar-refractivity contribution is 5.95. The first kappa shape index (κ1) is 28.8. The molecule has 0 radical (unpaired) electrons. The van der Waals surface area contributed by atoms with Crippen molar-refractivity contribution < 1.29 is 31.9 Å². The fourth-order valence-corrected chi connectivity index (χ4v) is 7.07. The summed E-state index contributed by atoms with van der Waals surface area (Å²) in [6.45, 7) is 4.59. The van der Waals surface area contributed by atoms with Crippen LogP contribution in [0.4, 0.5) is 17.6 Å². The van der Waals surface area contributed by atoms with Crippen molar-refractivity contribution in [2.75, 3.05) is 6.54 Å². The second-order valence-corrected chi connectivity index (χ2v) is 12.4. The molecule has 12 heteroatoms. The van der Waals surface area contributed by atoms with E-state index in [4.69, 9.17) is 0 Å². The van der Waals surface area contributed by atoms with Crippen molar-refractivity contribution in [3.63, 3.8) is 0 Å². The molecule has 2 bridgehead atoms.